The summed E-state index contributed by atoms with van der Waals surface area (Å²) < 4.78 is 0. The number of nitrogens with zero attached hydrogens (tertiary/aromatic N) is 3. The summed E-state index contributed by atoms with van der Waals surface area (Å²) in [6.07, 6.45) is 0. The van der Waals surface area contributed by atoms with Crippen molar-refractivity contribution in [1.82, 2.24) is 15.2 Å². The standard InChI is InChI=1S/C10H12N4S/c1-7-8(2)13-14-10(12-7)11-5-9-3-4-15-6-9/h3-4,6H,5H2,1-2H3,(H,11,12,14). The Morgan fingerprint density at radius 2 is 2.13 bits per heavy atom. The molecule has 1 N–H and O–H groups in total. The topological polar surface area (TPSA) is 50.7 Å². The smallest absolute Gasteiger partial charge is 0.243 e. The van der Waals surface area contributed by atoms with Crippen molar-refractivity contribution in [2.45, 2.75) is 20.4 Å². The fourth-order valence-electron chi connectivity index (χ4n) is 1.11. The molecule has 78 valence electrons. The number of aromatic nitrogens is 3. The average Bonchev–Trinajstić information content (AvgIpc) is 2.73. The van der Waals surface area contributed by atoms with E-state index in [1.54, 1.807) is 11.3 Å². The van der Waals surface area contributed by atoms with Gasteiger partial charge in [-0.05, 0) is 36.2 Å². The van der Waals surface area contributed by atoms with E-state index in [9.17, 15) is 0 Å². The van der Waals surface area contributed by atoms with Gasteiger partial charge in [0.2, 0.25) is 5.95 Å². The van der Waals surface area contributed by atoms with Crippen LogP contribution in [-0.2, 0) is 6.54 Å². The quantitative estimate of drug-likeness (QED) is 0.861. The maximum Gasteiger partial charge on any atom is 0.243 e. The molecule has 4 nitrogen and oxygen atoms in total. The van der Waals surface area contributed by atoms with E-state index < -0.39 is 0 Å². The molecule has 2 aromatic heterocycles. The molecule has 2 rings (SSSR count). The molecular weight excluding hydrogens is 208 g/mol. The van der Waals surface area contributed by atoms with Crippen LogP contribution in [0.15, 0.2) is 16.8 Å². The first kappa shape index (κ1) is 10.0. The lowest BCUT2D eigenvalue weighted by Gasteiger charge is -2.03. The van der Waals surface area contributed by atoms with Crippen molar-refractivity contribution in [3.05, 3.63) is 33.8 Å². The Bertz CT molecular complexity index is 439. The van der Waals surface area contributed by atoms with Gasteiger partial charge in [-0.1, -0.05) is 0 Å². The second-order valence-corrected chi connectivity index (χ2v) is 4.07. The van der Waals surface area contributed by atoms with Gasteiger partial charge in [-0.3, -0.25) is 0 Å². The second-order valence-electron chi connectivity index (χ2n) is 3.29. The summed E-state index contributed by atoms with van der Waals surface area (Å²) in [4.78, 5) is 4.29. The molecule has 0 bridgehead atoms. The van der Waals surface area contributed by atoms with Crippen molar-refractivity contribution < 1.29 is 0 Å². The highest BCUT2D eigenvalue weighted by atomic mass is 32.1. The molecule has 0 aromatic carbocycles. The Morgan fingerprint density at radius 1 is 1.27 bits per heavy atom. The molecule has 0 amide bonds. The molecule has 0 atom stereocenters. The van der Waals surface area contributed by atoms with E-state index in [-0.39, 0.29) is 0 Å². The minimum atomic E-state index is 0.587. The second kappa shape index (κ2) is 4.35. The molecule has 0 saturated carbocycles. The SMILES string of the molecule is Cc1nnc(NCc2ccsc2)nc1C. The molecule has 0 spiro atoms. The first-order valence-corrected chi connectivity index (χ1v) is 5.63. The predicted octanol–water partition coefficient (Wildman–Crippen LogP) is 2.16. The Balaban J connectivity index is 2.02. The maximum absolute atomic E-state index is 4.29. The van der Waals surface area contributed by atoms with Crippen molar-refractivity contribution in [3.8, 4) is 0 Å². The van der Waals surface area contributed by atoms with Crippen LogP contribution in [0.2, 0.25) is 0 Å². The van der Waals surface area contributed by atoms with Gasteiger partial charge in [-0.2, -0.15) is 16.4 Å². The normalized spacial score (nSPS) is 10.3. The maximum atomic E-state index is 4.29. The molecule has 15 heavy (non-hydrogen) atoms. The molecule has 0 aliphatic heterocycles. The lowest BCUT2D eigenvalue weighted by molar-refractivity contribution is 0.886. The highest BCUT2D eigenvalue weighted by molar-refractivity contribution is 7.07. The van der Waals surface area contributed by atoms with Gasteiger partial charge in [0.25, 0.3) is 0 Å². The third kappa shape index (κ3) is 2.50. The van der Waals surface area contributed by atoms with Crippen molar-refractivity contribution in [2.75, 3.05) is 5.32 Å². The predicted molar refractivity (Wildman–Crippen MR) is 60.9 cm³/mol. The van der Waals surface area contributed by atoms with E-state index in [0.717, 1.165) is 17.9 Å². The molecule has 0 unspecified atom stereocenters. The van der Waals surface area contributed by atoms with Gasteiger partial charge in [-0.15, -0.1) is 5.10 Å². The van der Waals surface area contributed by atoms with E-state index >= 15 is 0 Å². The zero-order valence-electron chi connectivity index (χ0n) is 8.69. The van der Waals surface area contributed by atoms with Gasteiger partial charge in [0.15, 0.2) is 0 Å². The lowest BCUT2D eigenvalue weighted by Crippen LogP contribution is -2.06. The van der Waals surface area contributed by atoms with Gasteiger partial charge < -0.3 is 5.32 Å². The van der Waals surface area contributed by atoms with Crippen LogP contribution in [0.3, 0.4) is 0 Å². The first-order valence-electron chi connectivity index (χ1n) is 4.68. The summed E-state index contributed by atoms with van der Waals surface area (Å²) in [5.41, 5.74) is 3.02. The Hall–Kier alpha value is -1.49. The van der Waals surface area contributed by atoms with Crippen molar-refractivity contribution in [3.63, 3.8) is 0 Å². The molecule has 0 aliphatic carbocycles. The number of hydrogen-bond donors (Lipinski definition) is 1. The van der Waals surface area contributed by atoms with Crippen LogP contribution in [0.1, 0.15) is 17.0 Å². The van der Waals surface area contributed by atoms with Crippen molar-refractivity contribution in [1.29, 1.82) is 0 Å². The van der Waals surface area contributed by atoms with Crippen LogP contribution in [0.25, 0.3) is 0 Å². The third-order valence-electron chi connectivity index (χ3n) is 2.12. The number of thiophene rings is 1. The van der Waals surface area contributed by atoms with Crippen LogP contribution in [0.5, 0.6) is 0 Å². The Labute approximate surface area is 92.4 Å². The fourth-order valence-corrected chi connectivity index (χ4v) is 1.77. The largest absolute Gasteiger partial charge is 0.349 e. The first-order chi connectivity index (χ1) is 7.25. The van der Waals surface area contributed by atoms with Gasteiger partial charge in [0.1, 0.15) is 0 Å². The van der Waals surface area contributed by atoms with E-state index in [1.165, 1.54) is 5.56 Å². The summed E-state index contributed by atoms with van der Waals surface area (Å²) in [5, 5.41) is 15.3. The van der Waals surface area contributed by atoms with E-state index in [1.807, 2.05) is 13.8 Å². The summed E-state index contributed by atoms with van der Waals surface area (Å²) in [6, 6.07) is 2.08. The van der Waals surface area contributed by atoms with Crippen molar-refractivity contribution >= 4 is 17.3 Å². The molecule has 0 saturated heterocycles. The molecule has 5 heteroatoms. The van der Waals surface area contributed by atoms with E-state index in [4.69, 9.17) is 0 Å². The monoisotopic (exact) mass is 220 g/mol. The van der Waals surface area contributed by atoms with Crippen LogP contribution in [0, 0.1) is 13.8 Å². The number of hydrogen-bond acceptors (Lipinski definition) is 5. The summed E-state index contributed by atoms with van der Waals surface area (Å²) >= 11 is 1.68. The molecular formula is C10H12N4S. The zero-order valence-corrected chi connectivity index (χ0v) is 9.51. The number of rotatable bonds is 3. The Morgan fingerprint density at radius 3 is 2.80 bits per heavy atom. The molecule has 0 radical (unpaired) electrons. The van der Waals surface area contributed by atoms with E-state index in [2.05, 4.69) is 37.3 Å². The van der Waals surface area contributed by atoms with Gasteiger partial charge in [0.05, 0.1) is 11.4 Å². The van der Waals surface area contributed by atoms with Gasteiger partial charge in [0, 0.05) is 6.54 Å². The van der Waals surface area contributed by atoms with Crippen LogP contribution in [0.4, 0.5) is 5.95 Å². The highest BCUT2D eigenvalue weighted by Gasteiger charge is 2.00. The number of nitrogens with one attached hydrogen (secondary N) is 1. The fraction of sp³-hybridized carbons (Fsp3) is 0.300. The number of anilines is 1. The van der Waals surface area contributed by atoms with Crippen molar-refractivity contribution in [2.24, 2.45) is 0 Å². The summed E-state index contributed by atoms with van der Waals surface area (Å²) in [5.74, 6) is 0.587. The van der Waals surface area contributed by atoms with Crippen LogP contribution >= 0.6 is 11.3 Å². The summed E-state index contributed by atoms with van der Waals surface area (Å²) in [6.45, 7) is 4.57. The van der Waals surface area contributed by atoms with Gasteiger partial charge in [-0.25, -0.2) is 4.98 Å². The van der Waals surface area contributed by atoms with E-state index in [0.29, 0.717) is 5.95 Å². The van der Waals surface area contributed by atoms with Crippen LogP contribution < -0.4 is 5.32 Å². The molecule has 2 aromatic rings. The third-order valence-corrected chi connectivity index (χ3v) is 2.85. The van der Waals surface area contributed by atoms with Crippen LogP contribution in [-0.4, -0.2) is 15.2 Å². The Kier molecular flexibility index (Phi) is 2.91. The zero-order chi connectivity index (χ0) is 10.7. The van der Waals surface area contributed by atoms with Gasteiger partial charge >= 0.3 is 0 Å². The average molecular weight is 220 g/mol. The lowest BCUT2D eigenvalue weighted by atomic mass is 10.3. The minimum Gasteiger partial charge on any atom is -0.349 e. The number of aryl methyl sites for hydroxylation is 2. The summed E-state index contributed by atoms with van der Waals surface area (Å²) in [7, 11) is 0. The molecule has 0 aliphatic rings. The molecule has 0 fully saturated rings. The minimum absolute atomic E-state index is 0.587. The highest BCUT2D eigenvalue weighted by Crippen LogP contribution is 2.08. The molecule has 2 heterocycles.